The molecule has 9 nitrogen and oxygen atoms in total. The van der Waals surface area contributed by atoms with Crippen molar-refractivity contribution in [3.05, 3.63) is 69.0 Å². The number of pyridine rings is 1. The molecule has 0 saturated carbocycles. The van der Waals surface area contributed by atoms with Gasteiger partial charge >= 0.3 is 0 Å². The van der Waals surface area contributed by atoms with Gasteiger partial charge in [-0.05, 0) is 62.2 Å². The third-order valence-corrected chi connectivity index (χ3v) is 8.40. The minimum atomic E-state index is -0.206. The number of thioether (sulfide) groups is 1. The number of methoxy groups -OCH3 is 1. The highest BCUT2D eigenvalue weighted by molar-refractivity contribution is 8.26. The molecule has 2 aromatic heterocycles. The minimum absolute atomic E-state index is 0.185. The molecule has 0 aliphatic carbocycles. The number of fused-ring (bicyclic) bond motifs is 1. The van der Waals surface area contributed by atoms with E-state index in [-0.39, 0.29) is 11.5 Å². The second-order valence-corrected chi connectivity index (χ2v) is 11.3. The molecule has 0 atom stereocenters. The number of rotatable bonds is 9. The van der Waals surface area contributed by atoms with Gasteiger partial charge in [0.25, 0.3) is 11.5 Å². The van der Waals surface area contributed by atoms with Gasteiger partial charge in [0.1, 0.15) is 21.5 Å². The first-order chi connectivity index (χ1) is 19.4. The maximum Gasteiger partial charge on any atom is 0.267 e. The monoisotopic (exact) mass is 579 g/mol. The SMILES string of the molecule is CCOCCCN1C(=O)C(=Cc2c(N3CCN(c4ccc(OC)cc4)CC3)nc3ccc(C)cn3c2=O)SC1=S. The molecular weight excluding hydrogens is 546 g/mol. The zero-order valence-electron chi connectivity index (χ0n) is 23.0. The number of anilines is 2. The van der Waals surface area contributed by atoms with E-state index >= 15 is 0 Å². The van der Waals surface area contributed by atoms with E-state index in [1.54, 1.807) is 28.7 Å². The number of benzene rings is 1. The van der Waals surface area contributed by atoms with Gasteiger partial charge in [-0.1, -0.05) is 30.0 Å². The zero-order valence-corrected chi connectivity index (χ0v) is 24.6. The molecule has 2 aliphatic rings. The Morgan fingerprint density at radius 1 is 1.05 bits per heavy atom. The van der Waals surface area contributed by atoms with Crippen molar-refractivity contribution in [2.75, 3.05) is 62.8 Å². The summed E-state index contributed by atoms with van der Waals surface area (Å²) in [6.45, 7) is 8.45. The summed E-state index contributed by atoms with van der Waals surface area (Å²) in [6, 6.07) is 11.8. The van der Waals surface area contributed by atoms with Crippen LogP contribution in [0.5, 0.6) is 5.75 Å². The van der Waals surface area contributed by atoms with Crippen molar-refractivity contribution in [3.63, 3.8) is 0 Å². The van der Waals surface area contributed by atoms with Crippen LogP contribution in [0.1, 0.15) is 24.5 Å². The van der Waals surface area contributed by atoms with Crippen LogP contribution in [0.4, 0.5) is 11.5 Å². The Kier molecular flexibility index (Phi) is 8.72. The third kappa shape index (κ3) is 5.86. The maximum atomic E-state index is 13.8. The van der Waals surface area contributed by atoms with Gasteiger partial charge in [-0.3, -0.25) is 18.9 Å². The predicted octanol–water partition coefficient (Wildman–Crippen LogP) is 3.97. The highest BCUT2D eigenvalue weighted by atomic mass is 32.2. The van der Waals surface area contributed by atoms with Crippen molar-refractivity contribution < 1.29 is 14.3 Å². The lowest BCUT2D eigenvalue weighted by Crippen LogP contribution is -2.47. The highest BCUT2D eigenvalue weighted by Crippen LogP contribution is 2.34. The fraction of sp³-hybridized carbons (Fsp3) is 0.379. The molecule has 2 saturated heterocycles. The van der Waals surface area contributed by atoms with Crippen LogP contribution in [0, 0.1) is 6.92 Å². The summed E-state index contributed by atoms with van der Waals surface area (Å²) < 4.78 is 12.7. The van der Waals surface area contributed by atoms with E-state index in [9.17, 15) is 9.59 Å². The summed E-state index contributed by atoms with van der Waals surface area (Å²) in [5.74, 6) is 1.23. The lowest BCUT2D eigenvalue weighted by atomic mass is 10.2. The van der Waals surface area contributed by atoms with Crippen LogP contribution in [0.3, 0.4) is 0 Å². The van der Waals surface area contributed by atoms with E-state index in [1.807, 2.05) is 38.1 Å². The van der Waals surface area contributed by atoms with Gasteiger partial charge in [0, 0.05) is 57.8 Å². The molecule has 210 valence electrons. The smallest absolute Gasteiger partial charge is 0.267 e. The second kappa shape index (κ2) is 12.4. The molecule has 40 heavy (non-hydrogen) atoms. The second-order valence-electron chi connectivity index (χ2n) is 9.64. The molecule has 0 bridgehead atoms. The fourth-order valence-corrected chi connectivity index (χ4v) is 6.17. The van der Waals surface area contributed by atoms with Gasteiger partial charge in [-0.25, -0.2) is 4.98 Å². The van der Waals surface area contributed by atoms with Crippen molar-refractivity contribution in [1.82, 2.24) is 14.3 Å². The Morgan fingerprint density at radius 3 is 2.48 bits per heavy atom. The Bertz CT molecular complexity index is 1500. The van der Waals surface area contributed by atoms with E-state index in [1.165, 1.54) is 11.8 Å². The topological polar surface area (TPSA) is 79.6 Å². The number of aryl methyl sites for hydroxylation is 1. The molecule has 1 amide bonds. The summed E-state index contributed by atoms with van der Waals surface area (Å²) in [4.78, 5) is 38.5. The van der Waals surface area contributed by atoms with Gasteiger partial charge in [-0.2, -0.15) is 0 Å². The largest absolute Gasteiger partial charge is 0.497 e. The Morgan fingerprint density at radius 2 is 1.77 bits per heavy atom. The van der Waals surface area contributed by atoms with Crippen molar-refractivity contribution in [1.29, 1.82) is 0 Å². The van der Waals surface area contributed by atoms with E-state index in [2.05, 4.69) is 21.9 Å². The molecule has 0 spiro atoms. The summed E-state index contributed by atoms with van der Waals surface area (Å²) in [5, 5.41) is 0. The molecule has 1 aromatic carbocycles. The lowest BCUT2D eigenvalue weighted by molar-refractivity contribution is -0.122. The Labute approximate surface area is 243 Å². The van der Waals surface area contributed by atoms with Crippen LogP contribution in [-0.4, -0.2) is 77.6 Å². The van der Waals surface area contributed by atoms with E-state index in [4.69, 9.17) is 26.7 Å². The number of amides is 1. The first-order valence-corrected chi connectivity index (χ1v) is 14.6. The van der Waals surface area contributed by atoms with Crippen LogP contribution in [0.25, 0.3) is 11.7 Å². The van der Waals surface area contributed by atoms with Crippen LogP contribution in [-0.2, 0) is 9.53 Å². The van der Waals surface area contributed by atoms with Crippen molar-refractivity contribution in [3.8, 4) is 5.75 Å². The van der Waals surface area contributed by atoms with Gasteiger partial charge in [-0.15, -0.1) is 0 Å². The third-order valence-electron chi connectivity index (χ3n) is 7.03. The van der Waals surface area contributed by atoms with Gasteiger partial charge in [0.15, 0.2) is 0 Å². The molecular formula is C29H33N5O4S2. The number of thiocarbonyl (C=S) groups is 1. The first kappa shape index (κ1) is 28.1. The molecule has 0 unspecified atom stereocenters. The number of carbonyl (C=O) groups excluding carboxylic acids is 1. The lowest BCUT2D eigenvalue weighted by Gasteiger charge is -2.37. The molecule has 3 aromatic rings. The predicted molar refractivity (Wildman–Crippen MR) is 165 cm³/mol. The quantitative estimate of drug-likeness (QED) is 0.213. The average molecular weight is 580 g/mol. The van der Waals surface area contributed by atoms with E-state index < -0.39 is 0 Å². The summed E-state index contributed by atoms with van der Waals surface area (Å²) in [7, 11) is 1.66. The van der Waals surface area contributed by atoms with Crippen LogP contribution in [0.15, 0.2) is 52.3 Å². The highest BCUT2D eigenvalue weighted by Gasteiger charge is 2.33. The van der Waals surface area contributed by atoms with Crippen molar-refractivity contribution >= 4 is 57.4 Å². The Hall–Kier alpha value is -3.41. The van der Waals surface area contributed by atoms with Crippen LogP contribution < -0.4 is 20.1 Å². The van der Waals surface area contributed by atoms with E-state index in [0.29, 0.717) is 65.5 Å². The first-order valence-electron chi connectivity index (χ1n) is 13.4. The number of hydrogen-bond donors (Lipinski definition) is 0. The summed E-state index contributed by atoms with van der Waals surface area (Å²) in [6.07, 6.45) is 4.15. The van der Waals surface area contributed by atoms with Gasteiger partial charge < -0.3 is 19.3 Å². The molecule has 4 heterocycles. The maximum absolute atomic E-state index is 13.8. The van der Waals surface area contributed by atoms with Crippen LogP contribution >= 0.6 is 24.0 Å². The number of hydrogen-bond acceptors (Lipinski definition) is 9. The average Bonchev–Trinajstić information content (AvgIpc) is 3.24. The number of nitrogens with zero attached hydrogens (tertiary/aromatic N) is 5. The van der Waals surface area contributed by atoms with Gasteiger partial charge in [0.05, 0.1) is 17.6 Å². The summed E-state index contributed by atoms with van der Waals surface area (Å²) >= 11 is 6.74. The molecule has 2 fully saturated rings. The molecule has 0 N–H and O–H groups in total. The molecule has 0 radical (unpaired) electrons. The standard InChI is InChI=1S/C29H33N5O4S2/c1-4-38-17-5-12-33-28(36)24(40-29(33)39)18-23-26(30-25-11-6-20(2)19-34(25)27(23)35)32-15-13-31(14-16-32)21-7-9-22(37-3)10-8-21/h6-11,18-19H,4-5,12-17H2,1-3H3. The number of aromatic nitrogens is 2. The number of carbonyl (C=O) groups is 1. The number of ether oxygens (including phenoxy) is 2. The Balaban J connectivity index is 1.45. The molecule has 5 rings (SSSR count). The zero-order chi connectivity index (χ0) is 28.2. The van der Waals surface area contributed by atoms with Gasteiger partial charge in [0.2, 0.25) is 0 Å². The van der Waals surface area contributed by atoms with Crippen molar-refractivity contribution in [2.24, 2.45) is 0 Å². The van der Waals surface area contributed by atoms with E-state index in [0.717, 1.165) is 30.1 Å². The van der Waals surface area contributed by atoms with Crippen LogP contribution in [0.2, 0.25) is 0 Å². The minimum Gasteiger partial charge on any atom is -0.497 e. The summed E-state index contributed by atoms with van der Waals surface area (Å²) in [5.41, 5.74) is 2.84. The van der Waals surface area contributed by atoms with Crippen molar-refractivity contribution in [2.45, 2.75) is 20.3 Å². The molecule has 11 heteroatoms. The number of piperazine rings is 1. The normalized spacial score (nSPS) is 17.0. The fourth-order valence-electron chi connectivity index (χ4n) is 4.88. The molecule has 2 aliphatic heterocycles.